The van der Waals surface area contributed by atoms with Gasteiger partial charge >= 0.3 is 5.97 Å². The summed E-state index contributed by atoms with van der Waals surface area (Å²) in [6.45, 7) is 3.19. The number of nitrogens with zero attached hydrogens (tertiary/aromatic N) is 1. The molecule has 1 heterocycles. The first-order chi connectivity index (χ1) is 10.4. The van der Waals surface area contributed by atoms with E-state index in [9.17, 15) is 14.7 Å². The van der Waals surface area contributed by atoms with Crippen LogP contribution in [-0.2, 0) is 11.2 Å². The Morgan fingerprint density at radius 3 is 2.27 bits per heavy atom. The Kier molecular flexibility index (Phi) is 5.19. The molecule has 0 aromatic heterocycles. The Morgan fingerprint density at radius 1 is 1.18 bits per heavy atom. The monoisotopic (exact) mass is 305 g/mol. The second kappa shape index (κ2) is 6.92. The molecule has 0 aliphatic carbocycles. The normalized spacial score (nSPS) is 17.3. The van der Waals surface area contributed by atoms with E-state index in [1.54, 1.807) is 24.3 Å². The number of benzene rings is 1. The van der Waals surface area contributed by atoms with E-state index in [1.807, 2.05) is 11.8 Å². The van der Waals surface area contributed by atoms with E-state index in [2.05, 4.69) is 0 Å². The van der Waals surface area contributed by atoms with Gasteiger partial charge in [0.1, 0.15) is 0 Å². The molecule has 2 rings (SSSR count). The summed E-state index contributed by atoms with van der Waals surface area (Å²) >= 11 is 0. The average molecular weight is 305 g/mol. The van der Waals surface area contributed by atoms with Gasteiger partial charge in [0.2, 0.25) is 5.91 Å². The van der Waals surface area contributed by atoms with E-state index < -0.39 is 11.6 Å². The standard InChI is InChI=1S/C17H23NO4/c1-2-17(22)9-11-18(12-10-17)15(19)8-5-13-3-6-14(7-4-13)16(20)21/h3-4,6-7,22H,2,5,8-12H2,1H3,(H,20,21). The number of carboxylic acids is 1. The van der Waals surface area contributed by atoms with E-state index in [1.165, 1.54) is 0 Å². The summed E-state index contributed by atoms with van der Waals surface area (Å²) in [4.78, 5) is 24.8. The number of carboxylic acid groups (broad SMARTS) is 1. The van der Waals surface area contributed by atoms with E-state index in [0.717, 1.165) is 12.0 Å². The Balaban J connectivity index is 1.82. The van der Waals surface area contributed by atoms with Gasteiger partial charge in [-0.1, -0.05) is 19.1 Å². The molecule has 1 aromatic carbocycles. The zero-order chi connectivity index (χ0) is 16.2. The van der Waals surface area contributed by atoms with Crippen LogP contribution in [0.15, 0.2) is 24.3 Å². The van der Waals surface area contributed by atoms with Crippen LogP contribution in [-0.4, -0.2) is 45.7 Å². The molecule has 1 amide bonds. The minimum absolute atomic E-state index is 0.0977. The number of amides is 1. The van der Waals surface area contributed by atoms with Crippen molar-refractivity contribution in [2.24, 2.45) is 0 Å². The number of aryl methyl sites for hydroxylation is 1. The summed E-state index contributed by atoms with van der Waals surface area (Å²) in [6, 6.07) is 6.63. The minimum atomic E-state index is -0.945. The summed E-state index contributed by atoms with van der Waals surface area (Å²) in [5.41, 5.74) is 0.606. The van der Waals surface area contributed by atoms with Crippen LogP contribution in [0.2, 0.25) is 0 Å². The van der Waals surface area contributed by atoms with Crippen molar-refractivity contribution < 1.29 is 19.8 Å². The third kappa shape index (κ3) is 4.07. The lowest BCUT2D eigenvalue weighted by atomic mass is 9.89. The Morgan fingerprint density at radius 2 is 1.77 bits per heavy atom. The molecule has 0 radical (unpaired) electrons. The highest BCUT2D eigenvalue weighted by Crippen LogP contribution is 2.25. The molecule has 5 heteroatoms. The van der Waals surface area contributed by atoms with Crippen LogP contribution in [0.25, 0.3) is 0 Å². The van der Waals surface area contributed by atoms with Crippen molar-refractivity contribution in [3.8, 4) is 0 Å². The number of carbonyl (C=O) groups excluding carboxylic acids is 1. The summed E-state index contributed by atoms with van der Waals surface area (Å²) in [5, 5.41) is 19.0. The third-order valence-electron chi connectivity index (χ3n) is 4.53. The van der Waals surface area contributed by atoms with E-state index >= 15 is 0 Å². The number of hydrogen-bond donors (Lipinski definition) is 2. The van der Waals surface area contributed by atoms with Crippen molar-refractivity contribution >= 4 is 11.9 Å². The molecule has 1 fully saturated rings. The highest BCUT2D eigenvalue weighted by molar-refractivity contribution is 5.87. The van der Waals surface area contributed by atoms with Crippen molar-refractivity contribution in [1.29, 1.82) is 0 Å². The van der Waals surface area contributed by atoms with Crippen LogP contribution >= 0.6 is 0 Å². The van der Waals surface area contributed by atoms with Crippen molar-refractivity contribution in [2.75, 3.05) is 13.1 Å². The molecule has 1 aromatic rings. The van der Waals surface area contributed by atoms with Gasteiger partial charge in [0, 0.05) is 19.5 Å². The largest absolute Gasteiger partial charge is 0.478 e. The molecular weight excluding hydrogens is 282 g/mol. The van der Waals surface area contributed by atoms with E-state index in [4.69, 9.17) is 5.11 Å². The van der Waals surface area contributed by atoms with Gasteiger partial charge in [-0.05, 0) is 43.4 Å². The number of likely N-dealkylation sites (tertiary alicyclic amines) is 1. The highest BCUT2D eigenvalue weighted by Gasteiger charge is 2.31. The van der Waals surface area contributed by atoms with Crippen LogP contribution in [0.1, 0.15) is 48.5 Å². The smallest absolute Gasteiger partial charge is 0.335 e. The Bertz CT molecular complexity index is 530. The average Bonchev–Trinajstić information content (AvgIpc) is 2.53. The van der Waals surface area contributed by atoms with Crippen LogP contribution in [0, 0.1) is 0 Å². The molecule has 22 heavy (non-hydrogen) atoms. The molecular formula is C17H23NO4. The fourth-order valence-electron chi connectivity index (χ4n) is 2.75. The van der Waals surface area contributed by atoms with Gasteiger partial charge in [0.25, 0.3) is 0 Å². The summed E-state index contributed by atoms with van der Waals surface area (Å²) in [6.07, 6.45) is 3.03. The maximum absolute atomic E-state index is 12.2. The predicted octanol–water partition coefficient (Wildman–Crippen LogP) is 2.08. The number of carbonyl (C=O) groups is 2. The Labute approximate surface area is 130 Å². The van der Waals surface area contributed by atoms with Crippen LogP contribution < -0.4 is 0 Å². The van der Waals surface area contributed by atoms with Crippen molar-refractivity contribution in [3.63, 3.8) is 0 Å². The number of piperidine rings is 1. The molecule has 1 saturated heterocycles. The highest BCUT2D eigenvalue weighted by atomic mass is 16.4. The molecule has 5 nitrogen and oxygen atoms in total. The molecule has 2 N–H and O–H groups in total. The lowest BCUT2D eigenvalue weighted by Crippen LogP contribution is -2.46. The zero-order valence-electron chi connectivity index (χ0n) is 12.9. The van der Waals surface area contributed by atoms with E-state index in [0.29, 0.717) is 38.8 Å². The Hall–Kier alpha value is -1.88. The zero-order valence-corrected chi connectivity index (χ0v) is 12.9. The van der Waals surface area contributed by atoms with Gasteiger partial charge in [-0.2, -0.15) is 0 Å². The number of hydrogen-bond acceptors (Lipinski definition) is 3. The lowest BCUT2D eigenvalue weighted by molar-refractivity contribution is -0.135. The summed E-state index contributed by atoms with van der Waals surface area (Å²) in [5.74, 6) is -0.847. The number of aromatic carboxylic acids is 1. The summed E-state index contributed by atoms with van der Waals surface area (Å²) < 4.78 is 0. The van der Waals surface area contributed by atoms with Gasteiger partial charge in [0.15, 0.2) is 0 Å². The molecule has 0 bridgehead atoms. The lowest BCUT2D eigenvalue weighted by Gasteiger charge is -2.37. The summed E-state index contributed by atoms with van der Waals surface area (Å²) in [7, 11) is 0. The first kappa shape index (κ1) is 16.5. The van der Waals surface area contributed by atoms with Crippen LogP contribution in [0.3, 0.4) is 0 Å². The SMILES string of the molecule is CCC1(O)CCN(C(=O)CCc2ccc(C(=O)O)cc2)CC1. The van der Waals surface area contributed by atoms with Crippen molar-refractivity contribution in [1.82, 2.24) is 4.90 Å². The van der Waals surface area contributed by atoms with Gasteiger partial charge in [-0.25, -0.2) is 4.79 Å². The van der Waals surface area contributed by atoms with E-state index in [-0.39, 0.29) is 11.5 Å². The van der Waals surface area contributed by atoms with Crippen molar-refractivity contribution in [3.05, 3.63) is 35.4 Å². The maximum atomic E-state index is 12.2. The molecule has 0 atom stereocenters. The fraction of sp³-hybridized carbons (Fsp3) is 0.529. The van der Waals surface area contributed by atoms with Crippen LogP contribution in [0.4, 0.5) is 0 Å². The first-order valence-corrected chi connectivity index (χ1v) is 7.76. The minimum Gasteiger partial charge on any atom is -0.478 e. The van der Waals surface area contributed by atoms with Gasteiger partial charge in [-0.15, -0.1) is 0 Å². The molecule has 1 aliphatic rings. The molecule has 0 unspecified atom stereocenters. The quantitative estimate of drug-likeness (QED) is 0.873. The van der Waals surface area contributed by atoms with Gasteiger partial charge in [0.05, 0.1) is 11.2 Å². The molecule has 0 spiro atoms. The van der Waals surface area contributed by atoms with Crippen LogP contribution in [0.5, 0.6) is 0 Å². The second-order valence-corrected chi connectivity index (χ2v) is 5.96. The van der Waals surface area contributed by atoms with Crippen molar-refractivity contribution in [2.45, 2.75) is 44.6 Å². The van der Waals surface area contributed by atoms with Gasteiger partial charge in [-0.3, -0.25) is 4.79 Å². The number of rotatable bonds is 5. The third-order valence-corrected chi connectivity index (χ3v) is 4.53. The predicted molar refractivity (Wildman–Crippen MR) is 82.8 cm³/mol. The maximum Gasteiger partial charge on any atom is 0.335 e. The first-order valence-electron chi connectivity index (χ1n) is 7.76. The molecule has 1 aliphatic heterocycles. The fourth-order valence-corrected chi connectivity index (χ4v) is 2.75. The number of aliphatic hydroxyl groups is 1. The second-order valence-electron chi connectivity index (χ2n) is 5.96. The van der Waals surface area contributed by atoms with Gasteiger partial charge < -0.3 is 15.1 Å². The molecule has 120 valence electrons. The molecule has 0 saturated carbocycles. The topological polar surface area (TPSA) is 77.8 Å².